The normalized spacial score (nSPS) is 55.4. The Hall–Kier alpha value is -1.60. The summed E-state index contributed by atoms with van der Waals surface area (Å²) >= 11 is 0. The van der Waals surface area contributed by atoms with Crippen molar-refractivity contribution in [3.8, 4) is 0 Å². The van der Waals surface area contributed by atoms with Crippen molar-refractivity contribution in [1.29, 1.82) is 0 Å². The van der Waals surface area contributed by atoms with Gasteiger partial charge >= 0.3 is 0 Å². The summed E-state index contributed by atoms with van der Waals surface area (Å²) in [4.78, 5) is 0. The molecule has 30 rings (SSSR count). The minimum absolute atomic E-state index is 1.08. The average molecular weight is 1300 g/mol. The van der Waals surface area contributed by atoms with Gasteiger partial charge in [0.2, 0.25) is 0 Å². The molecule has 30 saturated heterocycles. The van der Waals surface area contributed by atoms with Gasteiger partial charge in [-0.25, -0.2) is 0 Å². The van der Waals surface area contributed by atoms with Crippen LogP contribution in [-0.4, -0.2) is 421 Å². The summed E-state index contributed by atoms with van der Waals surface area (Å²) < 4.78 is 91.1. The van der Waals surface area contributed by atoms with Crippen LogP contribution < -0.4 is 0 Å². The van der Waals surface area contributed by atoms with Crippen LogP contribution in [0.25, 0.3) is 0 Å². The first kappa shape index (κ1) is 70.7. The highest BCUT2D eigenvalue weighted by atomic mass is 16.8. The first-order valence-corrected chi connectivity index (χ1v) is 28.1. The van der Waals surface area contributed by atoms with E-state index in [1.165, 1.54) is 0 Å². The van der Waals surface area contributed by atoms with Gasteiger partial charge in [-0.2, -0.15) is 0 Å². The smallest absolute Gasteiger partial charge is 0.187 e. The van der Waals surface area contributed by atoms with E-state index >= 15 is 0 Å². The number of hydrogen-bond donors (Lipinski definition) is 24. The van der Waals surface area contributed by atoms with Crippen LogP contribution >= 0.6 is 0 Å². The zero-order valence-electron chi connectivity index (χ0n) is 46.0. The SMILES string of the molecule is OC[C@H]1OC2OC3[C@H](O)C(O)C(OC4[C@H](O)C(O)C(OC5[C@H](O)C(O)C(OC6[C@H](O)C(O)C(OC7[C@H](O)C(O)C(OC8[C@H](O)C(O)C(OC9[C@H](O)C(O)C(OC1[C@H](O)C2O)O[C@@H]9CO)O[C@@H]8CO)O[C@@H]7CO)O[C@@H]6CO)O[C@@H]5CO)O[C@@H]4CO)O[C@@H]3CO. The standard InChI is InChI=1S/C48H80O40/c49-1-9-33-17(57)25(65)41(73-9)82-34-10(2-50)75-43(27(67)19(34)59)84-36-12(4-52)77-45(29(69)21(36)61)86-38-14(6-54)79-47(31(71)23(38)63)88-40-16(8-56)80-48(32(72)24(40)64)87-39-15(7-55)78-46(30(70)22(39)62)85-37-13(5-53)76-44(28(68)20(37)60)83-35-11(3-51)74-42(81-33)26(66)18(35)58/h9-72H,1-8H2/t9-,10-,11-,12-,13-,14-,15-,16-,17-,18-,19-,20-,21-,22-,23-,24-,25?,26?,27?,28?,29?,30?,31?,32?,33?,34?,35?,36?,37?,38?,39?,40?,41?,42?,43?,44?,45?,46?,47?,48?/m1/s1. The van der Waals surface area contributed by atoms with Gasteiger partial charge in [0.1, 0.15) is 195 Å². The Morgan fingerprint density at radius 1 is 0.136 bits per heavy atom. The topological polar surface area (TPSA) is 633 Å². The number of aliphatic hydroxyl groups excluding tert-OH is 24. The van der Waals surface area contributed by atoms with Crippen LogP contribution in [-0.2, 0) is 75.8 Å². The molecule has 24 N–H and O–H groups in total. The predicted molar refractivity (Wildman–Crippen MR) is 261 cm³/mol. The van der Waals surface area contributed by atoms with Crippen LogP contribution in [0.5, 0.6) is 0 Å². The molecule has 0 aromatic heterocycles. The number of hydrogen-bond acceptors (Lipinski definition) is 40. The lowest BCUT2D eigenvalue weighted by atomic mass is 9.94. The van der Waals surface area contributed by atoms with E-state index in [2.05, 4.69) is 0 Å². The lowest BCUT2D eigenvalue weighted by molar-refractivity contribution is -0.404. The predicted octanol–water partition coefficient (Wildman–Crippen LogP) is -17.4. The van der Waals surface area contributed by atoms with Gasteiger partial charge < -0.3 is 198 Å². The minimum Gasteiger partial charge on any atom is -0.394 e. The molecule has 30 aliphatic rings. The highest BCUT2D eigenvalue weighted by Crippen LogP contribution is 2.40. The van der Waals surface area contributed by atoms with Gasteiger partial charge in [-0.05, 0) is 0 Å². The first-order chi connectivity index (χ1) is 41.9. The van der Waals surface area contributed by atoms with E-state index in [1.54, 1.807) is 0 Å². The zero-order valence-corrected chi connectivity index (χ0v) is 46.0. The van der Waals surface area contributed by atoms with Crippen molar-refractivity contribution in [2.45, 2.75) is 246 Å². The molecule has 0 aliphatic carbocycles. The molecular formula is C48H80O40. The third kappa shape index (κ3) is 13.8. The second-order valence-electron chi connectivity index (χ2n) is 22.5. The molecule has 16 bridgehead atoms. The molecule has 0 radical (unpaired) electrons. The van der Waals surface area contributed by atoms with Gasteiger partial charge in [0.15, 0.2) is 50.3 Å². The molecule has 0 spiro atoms. The lowest BCUT2D eigenvalue weighted by Crippen LogP contribution is -2.69. The molecule has 512 valence electrons. The van der Waals surface area contributed by atoms with Crippen molar-refractivity contribution in [3.63, 3.8) is 0 Å². The molecule has 40 atom stereocenters. The van der Waals surface area contributed by atoms with Crippen LogP contribution in [0.4, 0.5) is 0 Å². The van der Waals surface area contributed by atoms with Crippen molar-refractivity contribution in [2.75, 3.05) is 52.9 Å². The summed E-state index contributed by atoms with van der Waals surface area (Å²) in [5.41, 5.74) is 0. The van der Waals surface area contributed by atoms with Crippen molar-refractivity contribution in [1.82, 2.24) is 0 Å². The minimum atomic E-state index is -2.25. The molecule has 40 heteroatoms. The van der Waals surface area contributed by atoms with E-state index in [-0.39, 0.29) is 0 Å². The molecule has 0 aromatic rings. The van der Waals surface area contributed by atoms with Crippen molar-refractivity contribution in [3.05, 3.63) is 0 Å². The summed E-state index contributed by atoms with van der Waals surface area (Å²) in [5, 5.41) is 265. The molecule has 0 aromatic carbocycles. The maximum atomic E-state index is 11.4. The largest absolute Gasteiger partial charge is 0.394 e. The lowest BCUT2D eigenvalue weighted by Gasteiger charge is -2.50. The highest BCUT2D eigenvalue weighted by Gasteiger charge is 2.60. The molecule has 24 unspecified atom stereocenters. The van der Waals surface area contributed by atoms with E-state index in [4.69, 9.17) is 75.8 Å². The fraction of sp³-hybridized carbons (Fsp3) is 1.00. The Morgan fingerprint density at radius 3 is 0.307 bits per heavy atom. The van der Waals surface area contributed by atoms with Gasteiger partial charge in [0.05, 0.1) is 52.9 Å². The number of ether oxygens (including phenoxy) is 16. The maximum Gasteiger partial charge on any atom is 0.187 e. The van der Waals surface area contributed by atoms with Crippen LogP contribution in [0, 0.1) is 0 Å². The van der Waals surface area contributed by atoms with E-state index in [9.17, 15) is 123 Å². The average Bonchev–Trinajstić information content (AvgIpc) is 1.09. The van der Waals surface area contributed by atoms with Crippen LogP contribution in [0.15, 0.2) is 0 Å². The number of rotatable bonds is 8. The Bertz CT molecular complexity index is 1700. The van der Waals surface area contributed by atoms with Crippen molar-refractivity contribution < 1.29 is 198 Å². The Labute approximate surface area is 496 Å². The third-order valence-electron chi connectivity index (χ3n) is 16.9. The second-order valence-corrected chi connectivity index (χ2v) is 22.5. The van der Waals surface area contributed by atoms with Crippen molar-refractivity contribution >= 4 is 0 Å². The van der Waals surface area contributed by atoms with Gasteiger partial charge in [-0.3, -0.25) is 0 Å². The fourth-order valence-electron chi connectivity index (χ4n) is 11.9. The summed E-state index contributed by atoms with van der Waals surface area (Å²) in [6, 6.07) is 0. The van der Waals surface area contributed by atoms with E-state index in [1.807, 2.05) is 0 Å². The molecule has 30 fully saturated rings. The van der Waals surface area contributed by atoms with Gasteiger partial charge in [0.25, 0.3) is 0 Å². The molecule has 40 nitrogen and oxygen atoms in total. The third-order valence-corrected chi connectivity index (χ3v) is 16.9. The van der Waals surface area contributed by atoms with Crippen molar-refractivity contribution in [2.24, 2.45) is 0 Å². The highest BCUT2D eigenvalue weighted by molar-refractivity contribution is 5.02. The van der Waals surface area contributed by atoms with Crippen LogP contribution in [0.3, 0.4) is 0 Å². The maximum absolute atomic E-state index is 11.4. The van der Waals surface area contributed by atoms with E-state index in [0.29, 0.717) is 0 Å². The molecule has 30 heterocycles. The number of aliphatic hydroxyl groups is 24. The molecule has 88 heavy (non-hydrogen) atoms. The Balaban J connectivity index is 0.975. The molecular weight excluding hydrogens is 1220 g/mol. The zero-order chi connectivity index (χ0) is 64.1. The Kier molecular flexibility index (Phi) is 24.1. The summed E-state index contributed by atoms with van der Waals surface area (Å²) in [6.07, 6.45) is -82.0. The summed E-state index contributed by atoms with van der Waals surface area (Å²) in [5.74, 6) is 0. The monoisotopic (exact) mass is 1300 g/mol. The van der Waals surface area contributed by atoms with E-state index < -0.39 is 299 Å². The van der Waals surface area contributed by atoms with Crippen LogP contribution in [0.1, 0.15) is 0 Å². The second kappa shape index (κ2) is 30.0. The molecule has 30 aliphatic heterocycles. The quantitative estimate of drug-likeness (QED) is 0.107. The molecule has 0 amide bonds. The van der Waals surface area contributed by atoms with Gasteiger partial charge in [-0.15, -0.1) is 0 Å². The van der Waals surface area contributed by atoms with Gasteiger partial charge in [0, 0.05) is 0 Å². The van der Waals surface area contributed by atoms with E-state index in [0.717, 1.165) is 0 Å². The fourth-order valence-corrected chi connectivity index (χ4v) is 11.9. The summed E-state index contributed by atoms with van der Waals surface area (Å²) in [6.45, 7) is -8.64. The Morgan fingerprint density at radius 2 is 0.227 bits per heavy atom. The van der Waals surface area contributed by atoms with Gasteiger partial charge in [-0.1, -0.05) is 0 Å². The van der Waals surface area contributed by atoms with Crippen LogP contribution in [0.2, 0.25) is 0 Å². The molecule has 0 saturated carbocycles. The summed E-state index contributed by atoms with van der Waals surface area (Å²) in [7, 11) is 0. The first-order valence-electron chi connectivity index (χ1n) is 28.1.